The van der Waals surface area contributed by atoms with Crippen molar-refractivity contribution >= 4 is 6.21 Å². The molecule has 0 amide bonds. The largest absolute Gasteiger partial charge is 0.301 e. The molecule has 2 heteroatoms. The zero-order valence-electron chi connectivity index (χ0n) is 12.3. The second-order valence-electron chi connectivity index (χ2n) is 5.80. The van der Waals surface area contributed by atoms with Crippen molar-refractivity contribution in [2.75, 3.05) is 19.6 Å². The third-order valence-corrected chi connectivity index (χ3v) is 3.99. The molecule has 0 bridgehead atoms. The van der Waals surface area contributed by atoms with E-state index >= 15 is 0 Å². The molecule has 0 aromatic carbocycles. The van der Waals surface area contributed by atoms with Crippen LogP contribution < -0.4 is 0 Å². The van der Waals surface area contributed by atoms with Gasteiger partial charge in [-0.25, -0.2) is 0 Å². The van der Waals surface area contributed by atoms with Crippen LogP contribution in [0.15, 0.2) is 40.9 Å². The minimum atomic E-state index is 0.692. The second kappa shape index (κ2) is 7.44. The Balaban J connectivity index is 1.74. The van der Waals surface area contributed by atoms with Gasteiger partial charge in [0.25, 0.3) is 0 Å². The van der Waals surface area contributed by atoms with E-state index in [1.807, 2.05) is 6.21 Å². The molecule has 0 radical (unpaired) electrons. The molecular weight excluding hydrogens is 232 g/mol. The van der Waals surface area contributed by atoms with E-state index < -0.39 is 0 Å². The number of likely N-dealkylation sites (tertiary alicyclic amines) is 1. The highest BCUT2D eigenvalue weighted by molar-refractivity contribution is 5.82. The van der Waals surface area contributed by atoms with Crippen LogP contribution in [0.1, 0.15) is 33.1 Å². The van der Waals surface area contributed by atoms with Gasteiger partial charge in [0.15, 0.2) is 0 Å². The number of hydrogen-bond donors (Lipinski definition) is 0. The Morgan fingerprint density at radius 3 is 2.84 bits per heavy atom. The molecule has 1 saturated heterocycles. The Labute approximate surface area is 117 Å². The maximum absolute atomic E-state index is 4.63. The van der Waals surface area contributed by atoms with Crippen molar-refractivity contribution in [3.8, 4) is 0 Å². The van der Waals surface area contributed by atoms with Crippen molar-refractivity contribution in [3.05, 3.63) is 36.0 Å². The van der Waals surface area contributed by atoms with Crippen LogP contribution in [0.25, 0.3) is 0 Å². The molecule has 0 spiro atoms. The van der Waals surface area contributed by atoms with E-state index in [1.54, 1.807) is 0 Å². The quantitative estimate of drug-likeness (QED) is 0.703. The van der Waals surface area contributed by atoms with Gasteiger partial charge in [-0.2, -0.15) is 0 Å². The number of piperidine rings is 1. The summed E-state index contributed by atoms with van der Waals surface area (Å²) >= 11 is 0. The molecule has 0 N–H and O–H groups in total. The van der Waals surface area contributed by atoms with Crippen molar-refractivity contribution in [2.45, 2.75) is 39.2 Å². The Bertz CT molecular complexity index is 380. The lowest BCUT2D eigenvalue weighted by Crippen LogP contribution is -2.39. The molecule has 1 fully saturated rings. The maximum atomic E-state index is 4.63. The van der Waals surface area contributed by atoms with Crippen LogP contribution >= 0.6 is 0 Å². The average molecular weight is 258 g/mol. The summed E-state index contributed by atoms with van der Waals surface area (Å²) < 4.78 is 0. The van der Waals surface area contributed by atoms with Crippen molar-refractivity contribution in [1.82, 2.24) is 4.90 Å². The summed E-state index contributed by atoms with van der Waals surface area (Å²) in [5, 5.41) is 0. The first-order valence-corrected chi connectivity index (χ1v) is 7.53. The smallest absolute Gasteiger partial charge is 0.0418 e. The zero-order chi connectivity index (χ0) is 13.5. The summed E-state index contributed by atoms with van der Waals surface area (Å²) in [5.41, 5.74) is 1.22. The Kier molecular flexibility index (Phi) is 5.59. The van der Waals surface area contributed by atoms with Gasteiger partial charge in [0, 0.05) is 18.8 Å². The zero-order valence-corrected chi connectivity index (χ0v) is 12.3. The summed E-state index contributed by atoms with van der Waals surface area (Å²) in [6.07, 6.45) is 16.4. The molecule has 0 aromatic heterocycles. The highest BCUT2D eigenvalue weighted by Crippen LogP contribution is 2.19. The van der Waals surface area contributed by atoms with Crippen LogP contribution in [-0.4, -0.2) is 36.8 Å². The molecule has 0 unspecified atom stereocenters. The lowest BCUT2D eigenvalue weighted by Gasteiger charge is -2.34. The van der Waals surface area contributed by atoms with Crippen molar-refractivity contribution in [1.29, 1.82) is 0 Å². The molecule has 1 aliphatic carbocycles. The van der Waals surface area contributed by atoms with E-state index in [0.717, 1.165) is 18.9 Å². The Morgan fingerprint density at radius 2 is 2.11 bits per heavy atom. The average Bonchev–Trinajstić information content (AvgIpc) is 2.68. The van der Waals surface area contributed by atoms with Gasteiger partial charge >= 0.3 is 0 Å². The molecule has 0 saturated carbocycles. The van der Waals surface area contributed by atoms with Gasteiger partial charge in [0.05, 0.1) is 0 Å². The van der Waals surface area contributed by atoms with Gasteiger partial charge in [-0.15, -0.1) is 0 Å². The van der Waals surface area contributed by atoms with Gasteiger partial charge < -0.3 is 4.90 Å². The molecule has 19 heavy (non-hydrogen) atoms. The van der Waals surface area contributed by atoms with Crippen LogP contribution in [0, 0.1) is 5.92 Å². The Morgan fingerprint density at radius 1 is 1.32 bits per heavy atom. The van der Waals surface area contributed by atoms with E-state index in [0.29, 0.717) is 6.04 Å². The first kappa shape index (κ1) is 14.3. The van der Waals surface area contributed by atoms with Crippen LogP contribution in [-0.2, 0) is 0 Å². The number of aliphatic imine (C=N–C) groups is 1. The second-order valence-corrected chi connectivity index (χ2v) is 5.80. The lowest BCUT2D eigenvalue weighted by molar-refractivity contribution is 0.152. The van der Waals surface area contributed by atoms with E-state index in [1.165, 1.54) is 31.5 Å². The van der Waals surface area contributed by atoms with Crippen molar-refractivity contribution < 1.29 is 0 Å². The first-order valence-electron chi connectivity index (χ1n) is 7.53. The third kappa shape index (κ3) is 4.79. The fourth-order valence-corrected chi connectivity index (χ4v) is 2.64. The van der Waals surface area contributed by atoms with E-state index in [-0.39, 0.29) is 0 Å². The van der Waals surface area contributed by atoms with Gasteiger partial charge in [-0.3, -0.25) is 4.99 Å². The molecular formula is C17H26N2. The van der Waals surface area contributed by atoms with E-state index in [2.05, 4.69) is 54.1 Å². The monoisotopic (exact) mass is 258 g/mol. The summed E-state index contributed by atoms with van der Waals surface area (Å²) in [6.45, 7) is 8.04. The van der Waals surface area contributed by atoms with Crippen molar-refractivity contribution in [3.63, 3.8) is 0 Å². The van der Waals surface area contributed by atoms with Crippen LogP contribution in [0.5, 0.6) is 0 Å². The fourth-order valence-electron chi connectivity index (χ4n) is 2.64. The van der Waals surface area contributed by atoms with E-state index in [4.69, 9.17) is 0 Å². The predicted molar refractivity (Wildman–Crippen MR) is 83.8 cm³/mol. The standard InChI is InChI=1S/C17H26N2/c1-15(2)19-11-9-17(10-12-19)14-18-13-16-7-5-3-4-6-8-16/h3,5-8,13,15,17H,4,9-12,14H2,1-2H3. The van der Waals surface area contributed by atoms with Gasteiger partial charge in [-0.1, -0.05) is 30.4 Å². The number of hydrogen-bond acceptors (Lipinski definition) is 2. The summed E-state index contributed by atoms with van der Waals surface area (Å²) in [4.78, 5) is 7.20. The summed E-state index contributed by atoms with van der Waals surface area (Å²) in [6, 6.07) is 0.692. The van der Waals surface area contributed by atoms with Gasteiger partial charge in [0.1, 0.15) is 0 Å². The molecule has 1 heterocycles. The first-order chi connectivity index (χ1) is 9.25. The highest BCUT2D eigenvalue weighted by Gasteiger charge is 2.19. The normalized spacial score (nSPS) is 22.2. The molecule has 2 aliphatic rings. The Hall–Kier alpha value is -1.15. The predicted octanol–water partition coefficient (Wildman–Crippen LogP) is 3.62. The van der Waals surface area contributed by atoms with Gasteiger partial charge in [-0.05, 0) is 57.7 Å². The number of nitrogens with zero attached hydrogens (tertiary/aromatic N) is 2. The van der Waals surface area contributed by atoms with Crippen LogP contribution in [0.3, 0.4) is 0 Å². The molecule has 2 nitrogen and oxygen atoms in total. The molecule has 0 atom stereocenters. The maximum Gasteiger partial charge on any atom is 0.0418 e. The molecule has 0 aromatic rings. The number of rotatable bonds is 4. The SMILES string of the molecule is CC(C)N1CCC(CN=CC2=CC=CCC=C2)CC1. The number of allylic oxidation sites excluding steroid dienone is 6. The molecule has 104 valence electrons. The summed E-state index contributed by atoms with van der Waals surface area (Å²) in [5.74, 6) is 0.775. The fraction of sp³-hybridized carbons (Fsp3) is 0.588. The van der Waals surface area contributed by atoms with Crippen LogP contribution in [0.4, 0.5) is 0 Å². The van der Waals surface area contributed by atoms with E-state index in [9.17, 15) is 0 Å². The molecule has 1 aliphatic heterocycles. The highest BCUT2D eigenvalue weighted by atomic mass is 15.1. The molecule has 2 rings (SSSR count). The lowest BCUT2D eigenvalue weighted by atomic mass is 9.96. The third-order valence-electron chi connectivity index (χ3n) is 3.99. The minimum Gasteiger partial charge on any atom is -0.301 e. The summed E-state index contributed by atoms with van der Waals surface area (Å²) in [7, 11) is 0. The van der Waals surface area contributed by atoms with Gasteiger partial charge in [0.2, 0.25) is 0 Å². The van der Waals surface area contributed by atoms with Crippen LogP contribution in [0.2, 0.25) is 0 Å². The minimum absolute atomic E-state index is 0.692. The topological polar surface area (TPSA) is 15.6 Å². The van der Waals surface area contributed by atoms with Crippen molar-refractivity contribution in [2.24, 2.45) is 10.9 Å².